The molecule has 0 aliphatic carbocycles. The lowest BCUT2D eigenvalue weighted by atomic mass is 9.88. The van der Waals surface area contributed by atoms with Gasteiger partial charge in [0.1, 0.15) is 0 Å². The second kappa shape index (κ2) is 4.75. The van der Waals surface area contributed by atoms with E-state index in [1.807, 2.05) is 19.2 Å². The predicted octanol–water partition coefficient (Wildman–Crippen LogP) is 2.26. The van der Waals surface area contributed by atoms with Gasteiger partial charge in [0.2, 0.25) is 0 Å². The number of nitrogens with two attached hydrogens (primary N) is 1. The maximum Gasteiger partial charge on any atom is 0.0492 e. The number of hydrogen-bond donors (Lipinski definition) is 1. The van der Waals surface area contributed by atoms with Gasteiger partial charge in [0.25, 0.3) is 0 Å². The summed E-state index contributed by atoms with van der Waals surface area (Å²) in [5, 5.41) is 0. The molecule has 3 heteroatoms. The van der Waals surface area contributed by atoms with Crippen LogP contribution in [0.2, 0.25) is 0 Å². The molecule has 17 heavy (non-hydrogen) atoms. The van der Waals surface area contributed by atoms with Crippen molar-refractivity contribution in [3.05, 3.63) is 29.6 Å². The van der Waals surface area contributed by atoms with Crippen LogP contribution in [-0.2, 0) is 0 Å². The molecule has 3 nitrogen and oxygen atoms in total. The van der Waals surface area contributed by atoms with E-state index < -0.39 is 0 Å². The third-order valence-electron chi connectivity index (χ3n) is 3.98. The zero-order valence-corrected chi connectivity index (χ0v) is 11.1. The first-order valence-corrected chi connectivity index (χ1v) is 6.45. The first kappa shape index (κ1) is 12.5. The van der Waals surface area contributed by atoms with Gasteiger partial charge in [0.15, 0.2) is 0 Å². The molecule has 0 radical (unpaired) electrons. The van der Waals surface area contributed by atoms with Crippen LogP contribution >= 0.6 is 0 Å². The highest BCUT2D eigenvalue weighted by Crippen LogP contribution is 2.31. The van der Waals surface area contributed by atoms with Crippen molar-refractivity contribution < 1.29 is 0 Å². The van der Waals surface area contributed by atoms with E-state index in [1.165, 1.54) is 25.9 Å². The highest BCUT2D eigenvalue weighted by atomic mass is 15.2. The van der Waals surface area contributed by atoms with Crippen LogP contribution in [0.5, 0.6) is 0 Å². The van der Waals surface area contributed by atoms with Gasteiger partial charge >= 0.3 is 0 Å². The van der Waals surface area contributed by atoms with E-state index in [4.69, 9.17) is 5.73 Å². The Morgan fingerprint density at radius 3 is 2.47 bits per heavy atom. The molecule has 0 aromatic carbocycles. The Labute approximate surface area is 104 Å². The van der Waals surface area contributed by atoms with Crippen molar-refractivity contribution in [3.8, 4) is 0 Å². The molecule has 1 aromatic rings. The summed E-state index contributed by atoms with van der Waals surface area (Å²) in [6.45, 7) is 8.81. The lowest BCUT2D eigenvalue weighted by Crippen LogP contribution is -2.49. The van der Waals surface area contributed by atoms with E-state index in [0.717, 1.165) is 11.3 Å². The van der Waals surface area contributed by atoms with Crippen molar-refractivity contribution in [3.63, 3.8) is 0 Å². The van der Waals surface area contributed by atoms with Crippen LogP contribution < -0.4 is 5.73 Å². The zero-order chi connectivity index (χ0) is 12.5. The first-order chi connectivity index (χ1) is 8.01. The number of pyridine rings is 1. The van der Waals surface area contributed by atoms with Gasteiger partial charge < -0.3 is 5.73 Å². The van der Waals surface area contributed by atoms with Crippen molar-refractivity contribution in [2.75, 3.05) is 13.1 Å². The number of rotatable bonds is 3. The molecule has 1 aliphatic heterocycles. The quantitative estimate of drug-likeness (QED) is 0.870. The monoisotopic (exact) mass is 233 g/mol. The second-order valence-electron chi connectivity index (χ2n) is 5.56. The van der Waals surface area contributed by atoms with Crippen molar-refractivity contribution in [2.24, 2.45) is 5.73 Å². The molecule has 0 amide bonds. The Hall–Kier alpha value is -0.930. The fourth-order valence-electron chi connectivity index (χ4n) is 2.56. The number of aromatic nitrogens is 1. The van der Waals surface area contributed by atoms with E-state index in [9.17, 15) is 0 Å². The molecule has 0 spiro atoms. The SMILES string of the molecule is Cc1ccc(C(N)C(C)(C)N2CCCC2)cn1. The summed E-state index contributed by atoms with van der Waals surface area (Å²) < 4.78 is 0. The van der Waals surface area contributed by atoms with E-state index in [0.29, 0.717) is 0 Å². The van der Waals surface area contributed by atoms with Gasteiger partial charge in [-0.3, -0.25) is 9.88 Å². The summed E-state index contributed by atoms with van der Waals surface area (Å²) in [5.41, 5.74) is 8.60. The predicted molar refractivity (Wildman–Crippen MR) is 70.8 cm³/mol. The summed E-state index contributed by atoms with van der Waals surface area (Å²) in [6.07, 6.45) is 4.50. The molecule has 0 bridgehead atoms. The molecule has 0 saturated carbocycles. The molecular formula is C14H23N3. The normalized spacial score (nSPS) is 19.5. The second-order valence-corrected chi connectivity index (χ2v) is 5.56. The molecule has 1 atom stereocenters. The van der Waals surface area contributed by atoms with Gasteiger partial charge in [-0.15, -0.1) is 0 Å². The first-order valence-electron chi connectivity index (χ1n) is 6.45. The van der Waals surface area contributed by atoms with Gasteiger partial charge in [-0.05, 0) is 58.3 Å². The van der Waals surface area contributed by atoms with Crippen LogP contribution in [0.15, 0.2) is 18.3 Å². The molecule has 2 heterocycles. The van der Waals surface area contributed by atoms with Gasteiger partial charge in [-0.1, -0.05) is 6.07 Å². The Balaban J connectivity index is 2.17. The summed E-state index contributed by atoms with van der Waals surface area (Å²) in [5.74, 6) is 0. The fourth-order valence-corrected chi connectivity index (χ4v) is 2.56. The van der Waals surface area contributed by atoms with Gasteiger partial charge in [-0.25, -0.2) is 0 Å². The topological polar surface area (TPSA) is 42.1 Å². The van der Waals surface area contributed by atoms with Crippen molar-refractivity contribution >= 4 is 0 Å². The molecule has 94 valence electrons. The molecule has 2 N–H and O–H groups in total. The highest BCUT2D eigenvalue weighted by Gasteiger charge is 2.35. The Kier molecular flexibility index (Phi) is 3.50. The summed E-state index contributed by atoms with van der Waals surface area (Å²) in [7, 11) is 0. The van der Waals surface area contributed by atoms with Crippen LogP contribution in [0.25, 0.3) is 0 Å². The number of aryl methyl sites for hydroxylation is 1. The number of hydrogen-bond acceptors (Lipinski definition) is 3. The zero-order valence-electron chi connectivity index (χ0n) is 11.1. The molecule has 1 aliphatic rings. The minimum absolute atomic E-state index is 0.00738. The smallest absolute Gasteiger partial charge is 0.0492 e. The summed E-state index contributed by atoms with van der Waals surface area (Å²) in [6, 6.07) is 4.16. The van der Waals surface area contributed by atoms with Crippen LogP contribution in [0.4, 0.5) is 0 Å². The molecular weight excluding hydrogens is 210 g/mol. The molecule has 2 rings (SSSR count). The Morgan fingerprint density at radius 1 is 1.29 bits per heavy atom. The van der Waals surface area contributed by atoms with Crippen LogP contribution in [-0.4, -0.2) is 28.5 Å². The van der Waals surface area contributed by atoms with Crippen LogP contribution in [0.1, 0.15) is 44.0 Å². The minimum Gasteiger partial charge on any atom is -0.322 e. The summed E-state index contributed by atoms with van der Waals surface area (Å²) in [4.78, 5) is 6.84. The number of nitrogens with zero attached hydrogens (tertiary/aromatic N) is 2. The lowest BCUT2D eigenvalue weighted by molar-refractivity contribution is 0.124. The molecule has 1 fully saturated rings. The maximum absolute atomic E-state index is 6.42. The van der Waals surface area contributed by atoms with Gasteiger partial charge in [0, 0.05) is 23.5 Å². The lowest BCUT2D eigenvalue weighted by Gasteiger charge is -2.40. The van der Waals surface area contributed by atoms with Gasteiger partial charge in [0.05, 0.1) is 0 Å². The maximum atomic E-state index is 6.42. The van der Waals surface area contributed by atoms with Gasteiger partial charge in [-0.2, -0.15) is 0 Å². The van der Waals surface area contributed by atoms with E-state index in [-0.39, 0.29) is 11.6 Å². The van der Waals surface area contributed by atoms with Crippen molar-refractivity contribution in [1.82, 2.24) is 9.88 Å². The average Bonchev–Trinajstić information content (AvgIpc) is 2.83. The number of likely N-dealkylation sites (tertiary alicyclic amines) is 1. The third-order valence-corrected chi connectivity index (χ3v) is 3.98. The molecule has 1 aromatic heterocycles. The van der Waals surface area contributed by atoms with Crippen LogP contribution in [0.3, 0.4) is 0 Å². The highest BCUT2D eigenvalue weighted by molar-refractivity contribution is 5.20. The molecule has 1 saturated heterocycles. The van der Waals surface area contributed by atoms with E-state index >= 15 is 0 Å². The summed E-state index contributed by atoms with van der Waals surface area (Å²) >= 11 is 0. The van der Waals surface area contributed by atoms with Crippen molar-refractivity contribution in [2.45, 2.75) is 45.2 Å². The standard InChI is InChI=1S/C14H23N3/c1-11-6-7-12(10-16-11)13(15)14(2,3)17-8-4-5-9-17/h6-7,10,13H,4-5,8-9,15H2,1-3H3. The van der Waals surface area contributed by atoms with E-state index in [1.54, 1.807) is 0 Å². The third kappa shape index (κ3) is 2.50. The largest absolute Gasteiger partial charge is 0.322 e. The van der Waals surface area contributed by atoms with E-state index in [2.05, 4.69) is 29.8 Å². The minimum atomic E-state index is 0.00738. The fraction of sp³-hybridized carbons (Fsp3) is 0.643. The average molecular weight is 233 g/mol. The van der Waals surface area contributed by atoms with Crippen molar-refractivity contribution in [1.29, 1.82) is 0 Å². The van der Waals surface area contributed by atoms with Crippen LogP contribution in [0, 0.1) is 6.92 Å². The Morgan fingerprint density at radius 2 is 1.94 bits per heavy atom. The Bertz CT molecular complexity index is 364. The molecule has 1 unspecified atom stereocenters.